The summed E-state index contributed by atoms with van der Waals surface area (Å²) in [5.74, 6) is -0.434. The number of amides is 1. The normalized spacial score (nSPS) is 11.3. The van der Waals surface area contributed by atoms with E-state index in [4.69, 9.17) is 0 Å². The summed E-state index contributed by atoms with van der Waals surface area (Å²) in [5, 5.41) is 9.91. The molecule has 0 radical (unpaired) electrons. The van der Waals surface area contributed by atoms with Gasteiger partial charge in [0.25, 0.3) is 0 Å². The molecule has 8 heteroatoms. The van der Waals surface area contributed by atoms with Gasteiger partial charge in [-0.3, -0.25) is 4.79 Å². The highest BCUT2D eigenvalue weighted by molar-refractivity contribution is 7.13. The van der Waals surface area contributed by atoms with E-state index >= 15 is 0 Å². The number of nitrogens with zero attached hydrogens (tertiary/aromatic N) is 2. The van der Waals surface area contributed by atoms with Gasteiger partial charge in [-0.1, -0.05) is 29.5 Å². The molecule has 0 aliphatic carbocycles. The van der Waals surface area contributed by atoms with Crippen molar-refractivity contribution < 1.29 is 18.0 Å². The van der Waals surface area contributed by atoms with Crippen molar-refractivity contribution in [1.82, 2.24) is 10.2 Å². The van der Waals surface area contributed by atoms with Gasteiger partial charge in [-0.25, -0.2) is 0 Å². The first-order valence-corrected chi connectivity index (χ1v) is 6.05. The molecule has 1 N–H and O–H groups in total. The van der Waals surface area contributed by atoms with Crippen LogP contribution in [0.1, 0.15) is 11.1 Å². The van der Waals surface area contributed by atoms with Crippen LogP contribution in [-0.4, -0.2) is 16.1 Å². The number of nitrogens with one attached hydrogen (secondary N) is 1. The van der Waals surface area contributed by atoms with Crippen molar-refractivity contribution in [3.05, 3.63) is 40.9 Å². The highest BCUT2D eigenvalue weighted by atomic mass is 32.1. The van der Waals surface area contributed by atoms with E-state index in [1.54, 1.807) is 0 Å². The number of halogens is 3. The molecule has 1 aromatic heterocycles. The maximum Gasteiger partial charge on any atom is 0.416 e. The van der Waals surface area contributed by atoms with E-state index in [1.165, 1.54) is 17.6 Å². The van der Waals surface area contributed by atoms with E-state index in [2.05, 4.69) is 15.5 Å². The SMILES string of the molecule is O=C(Cc1cccc(C(F)(F)F)c1)Nc1nncs1. The molecule has 4 nitrogen and oxygen atoms in total. The fourth-order valence-electron chi connectivity index (χ4n) is 1.43. The summed E-state index contributed by atoms with van der Waals surface area (Å²) in [6.07, 6.45) is -4.56. The summed E-state index contributed by atoms with van der Waals surface area (Å²) in [7, 11) is 0. The van der Waals surface area contributed by atoms with E-state index in [9.17, 15) is 18.0 Å². The Hall–Kier alpha value is -1.96. The van der Waals surface area contributed by atoms with Crippen molar-refractivity contribution >= 4 is 22.4 Å². The van der Waals surface area contributed by atoms with Gasteiger partial charge < -0.3 is 5.32 Å². The van der Waals surface area contributed by atoms with Crippen LogP contribution < -0.4 is 5.32 Å². The molecule has 0 aliphatic rings. The maximum atomic E-state index is 12.5. The molecule has 0 fully saturated rings. The van der Waals surface area contributed by atoms with E-state index < -0.39 is 17.6 Å². The standard InChI is InChI=1S/C11H8F3N3OS/c12-11(13,14)8-3-1-2-7(4-8)5-9(18)16-10-17-15-6-19-10/h1-4,6H,5H2,(H,16,17,18). The molecule has 100 valence electrons. The predicted molar refractivity (Wildman–Crippen MR) is 63.7 cm³/mol. The third kappa shape index (κ3) is 3.75. The number of aromatic nitrogens is 2. The summed E-state index contributed by atoms with van der Waals surface area (Å²) in [4.78, 5) is 11.6. The second-order valence-corrected chi connectivity index (χ2v) is 4.50. The molecule has 19 heavy (non-hydrogen) atoms. The lowest BCUT2D eigenvalue weighted by atomic mass is 10.1. The second-order valence-electron chi connectivity index (χ2n) is 3.67. The molecule has 1 aromatic carbocycles. The van der Waals surface area contributed by atoms with E-state index in [0.29, 0.717) is 5.13 Å². The molecule has 2 aromatic rings. The molecule has 0 unspecified atom stereocenters. The summed E-state index contributed by atoms with van der Waals surface area (Å²) in [5.41, 5.74) is 0.963. The number of hydrogen-bond acceptors (Lipinski definition) is 4. The van der Waals surface area contributed by atoms with Crippen molar-refractivity contribution in [3.8, 4) is 0 Å². The number of alkyl halides is 3. The topological polar surface area (TPSA) is 54.9 Å². The molecule has 1 amide bonds. The molecule has 0 bridgehead atoms. The van der Waals surface area contributed by atoms with E-state index in [0.717, 1.165) is 23.5 Å². The van der Waals surface area contributed by atoms with Crippen LogP contribution in [0.15, 0.2) is 29.8 Å². The Morgan fingerprint density at radius 1 is 1.37 bits per heavy atom. The Balaban J connectivity index is 2.05. The van der Waals surface area contributed by atoms with Gasteiger partial charge in [0.15, 0.2) is 0 Å². The first-order valence-electron chi connectivity index (χ1n) is 5.17. The first kappa shape index (κ1) is 13.5. The number of anilines is 1. The van der Waals surface area contributed by atoms with Crippen molar-refractivity contribution in [2.24, 2.45) is 0 Å². The molecule has 2 rings (SSSR count). The van der Waals surface area contributed by atoms with Gasteiger partial charge in [0.2, 0.25) is 11.0 Å². The molecular formula is C11H8F3N3OS. The fourth-order valence-corrected chi connectivity index (χ4v) is 1.90. The minimum Gasteiger partial charge on any atom is -0.300 e. The molecule has 0 saturated carbocycles. The van der Waals surface area contributed by atoms with Crippen LogP contribution in [0, 0.1) is 0 Å². The number of hydrogen-bond donors (Lipinski definition) is 1. The highest BCUT2D eigenvalue weighted by Gasteiger charge is 2.30. The minimum absolute atomic E-state index is 0.149. The highest BCUT2D eigenvalue weighted by Crippen LogP contribution is 2.29. The van der Waals surface area contributed by atoms with Gasteiger partial charge in [-0.2, -0.15) is 13.2 Å². The van der Waals surface area contributed by atoms with Crippen molar-refractivity contribution in [2.75, 3.05) is 5.32 Å². The Morgan fingerprint density at radius 2 is 2.16 bits per heavy atom. The molecule has 0 saturated heterocycles. The predicted octanol–water partition coefficient (Wildman–Crippen LogP) is 2.74. The van der Waals surface area contributed by atoms with Crippen molar-refractivity contribution in [3.63, 3.8) is 0 Å². The lowest BCUT2D eigenvalue weighted by Gasteiger charge is -2.08. The average molecular weight is 287 g/mol. The van der Waals surface area contributed by atoms with Crippen LogP contribution >= 0.6 is 11.3 Å². The molecule has 0 spiro atoms. The quantitative estimate of drug-likeness (QED) is 0.944. The van der Waals surface area contributed by atoms with Gasteiger partial charge in [0, 0.05) is 0 Å². The molecule has 1 heterocycles. The Morgan fingerprint density at radius 3 is 2.79 bits per heavy atom. The van der Waals surface area contributed by atoms with E-state index in [1.807, 2.05) is 0 Å². The first-order chi connectivity index (χ1) is 8.95. The monoisotopic (exact) mass is 287 g/mol. The van der Waals surface area contributed by atoms with Crippen molar-refractivity contribution in [1.29, 1.82) is 0 Å². The van der Waals surface area contributed by atoms with Crippen LogP contribution in [-0.2, 0) is 17.4 Å². The zero-order valence-electron chi connectivity index (χ0n) is 9.44. The molecule has 0 aliphatic heterocycles. The molecular weight excluding hydrogens is 279 g/mol. The smallest absolute Gasteiger partial charge is 0.300 e. The van der Waals surface area contributed by atoms with Crippen LogP contribution in [0.5, 0.6) is 0 Å². The van der Waals surface area contributed by atoms with Crippen LogP contribution in [0.3, 0.4) is 0 Å². The average Bonchev–Trinajstić information content (AvgIpc) is 2.80. The number of benzene rings is 1. The maximum absolute atomic E-state index is 12.5. The van der Waals surface area contributed by atoms with Gasteiger partial charge in [-0.05, 0) is 11.6 Å². The Bertz CT molecular complexity index is 569. The van der Waals surface area contributed by atoms with Gasteiger partial charge >= 0.3 is 6.18 Å². The summed E-state index contributed by atoms with van der Waals surface area (Å²) in [6.45, 7) is 0. The van der Waals surface area contributed by atoms with Gasteiger partial charge in [0.1, 0.15) is 5.51 Å². The zero-order chi connectivity index (χ0) is 13.9. The second kappa shape index (κ2) is 5.35. The number of rotatable bonds is 3. The summed E-state index contributed by atoms with van der Waals surface area (Å²) in [6, 6.07) is 4.66. The van der Waals surface area contributed by atoms with Gasteiger partial charge in [0.05, 0.1) is 12.0 Å². The van der Waals surface area contributed by atoms with Gasteiger partial charge in [-0.15, -0.1) is 10.2 Å². The minimum atomic E-state index is -4.41. The van der Waals surface area contributed by atoms with Crippen LogP contribution in [0.4, 0.5) is 18.3 Å². The van der Waals surface area contributed by atoms with Crippen LogP contribution in [0.25, 0.3) is 0 Å². The number of carbonyl (C=O) groups is 1. The third-order valence-corrected chi connectivity index (χ3v) is 2.83. The van der Waals surface area contributed by atoms with E-state index in [-0.39, 0.29) is 12.0 Å². The molecule has 0 atom stereocenters. The Kier molecular flexibility index (Phi) is 3.79. The lowest BCUT2D eigenvalue weighted by molar-refractivity contribution is -0.137. The largest absolute Gasteiger partial charge is 0.416 e. The zero-order valence-corrected chi connectivity index (χ0v) is 10.3. The summed E-state index contributed by atoms with van der Waals surface area (Å²) < 4.78 is 37.5. The van der Waals surface area contributed by atoms with Crippen molar-refractivity contribution in [2.45, 2.75) is 12.6 Å². The lowest BCUT2D eigenvalue weighted by Crippen LogP contribution is -2.15. The summed E-state index contributed by atoms with van der Waals surface area (Å²) >= 11 is 1.14. The Labute approximate surface area is 110 Å². The number of carbonyl (C=O) groups excluding carboxylic acids is 1. The van der Waals surface area contributed by atoms with Crippen LogP contribution in [0.2, 0.25) is 0 Å². The third-order valence-electron chi connectivity index (χ3n) is 2.23. The fraction of sp³-hybridized carbons (Fsp3) is 0.182.